The molecule has 0 aliphatic carbocycles. The largest absolute Gasteiger partial charge is 0.312 e. The van der Waals surface area contributed by atoms with Crippen molar-refractivity contribution >= 4 is 15.9 Å². The van der Waals surface area contributed by atoms with Crippen molar-refractivity contribution in [1.29, 1.82) is 0 Å². The van der Waals surface area contributed by atoms with Gasteiger partial charge in [-0.3, -0.25) is 4.90 Å². The molecule has 0 amide bonds. The zero-order chi connectivity index (χ0) is 14.5. The number of halogens is 2. The number of nitrogens with zero attached hydrogens (tertiary/aromatic N) is 1. The normalized spacial score (nSPS) is 22.5. The first-order valence-corrected chi connectivity index (χ1v) is 8.29. The molecule has 1 aromatic rings. The van der Waals surface area contributed by atoms with Gasteiger partial charge in [0, 0.05) is 19.1 Å². The van der Waals surface area contributed by atoms with Gasteiger partial charge in [-0.1, -0.05) is 32.4 Å². The minimum Gasteiger partial charge on any atom is -0.312 e. The minimum absolute atomic E-state index is 0.172. The van der Waals surface area contributed by atoms with Crippen LogP contribution in [0.25, 0.3) is 0 Å². The zero-order valence-corrected chi connectivity index (χ0v) is 13.9. The van der Waals surface area contributed by atoms with Gasteiger partial charge in [-0.05, 0) is 53.0 Å². The molecule has 112 valence electrons. The van der Waals surface area contributed by atoms with Gasteiger partial charge in [0.2, 0.25) is 0 Å². The standard InChI is InChI=1S/C16H24BrFN2/c1-3-12(2)15-11-20(9-5-8-19-15)10-13-6-4-7-14(18)16(13)17/h4,6-7,12,15,19H,3,5,8-11H2,1-2H3. The SMILES string of the molecule is CCC(C)C1CN(Cc2cccc(F)c2Br)CCCN1. The van der Waals surface area contributed by atoms with Crippen molar-refractivity contribution < 1.29 is 4.39 Å². The number of nitrogens with one attached hydrogen (secondary N) is 1. The summed E-state index contributed by atoms with van der Waals surface area (Å²) in [5.41, 5.74) is 1.04. The van der Waals surface area contributed by atoms with Crippen LogP contribution in [0.1, 0.15) is 32.3 Å². The molecule has 1 heterocycles. The summed E-state index contributed by atoms with van der Waals surface area (Å²) in [5.74, 6) is 0.500. The molecule has 2 rings (SSSR count). The lowest BCUT2D eigenvalue weighted by atomic mass is 9.99. The fraction of sp³-hybridized carbons (Fsp3) is 0.625. The molecular formula is C16H24BrFN2. The molecule has 1 aromatic carbocycles. The Hall–Kier alpha value is -0.450. The van der Waals surface area contributed by atoms with E-state index in [1.54, 1.807) is 6.07 Å². The van der Waals surface area contributed by atoms with Gasteiger partial charge in [0.15, 0.2) is 0 Å². The Morgan fingerprint density at radius 2 is 2.30 bits per heavy atom. The van der Waals surface area contributed by atoms with E-state index in [0.717, 1.165) is 38.2 Å². The Kier molecular flexibility index (Phi) is 6.00. The third-order valence-corrected chi connectivity index (χ3v) is 5.16. The fourth-order valence-electron chi connectivity index (χ4n) is 2.74. The summed E-state index contributed by atoms with van der Waals surface area (Å²) in [4.78, 5) is 2.44. The average molecular weight is 343 g/mol. The van der Waals surface area contributed by atoms with E-state index >= 15 is 0 Å². The average Bonchev–Trinajstić information content (AvgIpc) is 2.68. The molecule has 1 fully saturated rings. The predicted octanol–water partition coefficient (Wildman–Crippen LogP) is 3.80. The summed E-state index contributed by atoms with van der Waals surface area (Å²) in [6.07, 6.45) is 2.34. The maximum Gasteiger partial charge on any atom is 0.137 e. The van der Waals surface area contributed by atoms with E-state index in [2.05, 4.69) is 40.0 Å². The van der Waals surface area contributed by atoms with Crippen molar-refractivity contribution in [3.05, 3.63) is 34.1 Å². The van der Waals surface area contributed by atoms with Crippen LogP contribution in [-0.4, -0.2) is 30.6 Å². The van der Waals surface area contributed by atoms with Gasteiger partial charge in [-0.15, -0.1) is 0 Å². The second kappa shape index (κ2) is 7.53. The molecule has 2 unspecified atom stereocenters. The van der Waals surface area contributed by atoms with Crippen molar-refractivity contribution in [2.24, 2.45) is 5.92 Å². The summed E-state index contributed by atoms with van der Waals surface area (Å²) in [6, 6.07) is 5.83. The zero-order valence-electron chi connectivity index (χ0n) is 12.3. The molecule has 1 aliphatic heterocycles. The molecule has 2 atom stereocenters. The van der Waals surface area contributed by atoms with Gasteiger partial charge in [0.25, 0.3) is 0 Å². The van der Waals surface area contributed by atoms with Crippen LogP contribution in [-0.2, 0) is 6.54 Å². The predicted molar refractivity (Wildman–Crippen MR) is 85.2 cm³/mol. The van der Waals surface area contributed by atoms with Gasteiger partial charge < -0.3 is 5.32 Å². The second-order valence-corrected chi connectivity index (χ2v) is 6.54. The Balaban J connectivity index is 2.05. The van der Waals surface area contributed by atoms with E-state index < -0.39 is 0 Å². The number of hydrogen-bond donors (Lipinski definition) is 1. The smallest absolute Gasteiger partial charge is 0.137 e. The quantitative estimate of drug-likeness (QED) is 0.895. The third-order valence-electron chi connectivity index (χ3n) is 4.27. The van der Waals surface area contributed by atoms with Crippen LogP contribution in [0, 0.1) is 11.7 Å². The molecule has 1 saturated heterocycles. The molecule has 20 heavy (non-hydrogen) atoms. The molecule has 1 aliphatic rings. The van der Waals surface area contributed by atoms with Crippen LogP contribution in [0.4, 0.5) is 4.39 Å². The highest BCUT2D eigenvalue weighted by molar-refractivity contribution is 9.10. The summed E-state index contributed by atoms with van der Waals surface area (Å²) in [6.45, 7) is 8.55. The highest BCUT2D eigenvalue weighted by Crippen LogP contribution is 2.23. The summed E-state index contributed by atoms with van der Waals surface area (Å²) < 4.78 is 14.2. The second-order valence-electron chi connectivity index (χ2n) is 5.75. The number of benzene rings is 1. The first kappa shape index (κ1) is 15.9. The highest BCUT2D eigenvalue weighted by atomic mass is 79.9. The van der Waals surface area contributed by atoms with Gasteiger partial charge in [-0.2, -0.15) is 0 Å². The van der Waals surface area contributed by atoms with E-state index in [4.69, 9.17) is 0 Å². The Morgan fingerprint density at radius 1 is 1.50 bits per heavy atom. The van der Waals surface area contributed by atoms with Crippen LogP contribution in [0.3, 0.4) is 0 Å². The van der Waals surface area contributed by atoms with Crippen LogP contribution in [0.5, 0.6) is 0 Å². The summed E-state index contributed by atoms with van der Waals surface area (Å²) >= 11 is 3.37. The lowest BCUT2D eigenvalue weighted by Gasteiger charge is -2.28. The Morgan fingerprint density at radius 3 is 3.05 bits per heavy atom. The lowest BCUT2D eigenvalue weighted by Crippen LogP contribution is -2.41. The van der Waals surface area contributed by atoms with Gasteiger partial charge in [0.05, 0.1) is 4.47 Å². The van der Waals surface area contributed by atoms with Crippen LogP contribution in [0.2, 0.25) is 0 Å². The molecule has 2 nitrogen and oxygen atoms in total. The van der Waals surface area contributed by atoms with Crippen LogP contribution < -0.4 is 5.32 Å². The molecule has 0 bridgehead atoms. The topological polar surface area (TPSA) is 15.3 Å². The third kappa shape index (κ3) is 4.03. The molecule has 0 radical (unpaired) electrons. The van der Waals surface area contributed by atoms with Crippen molar-refractivity contribution in [2.75, 3.05) is 19.6 Å². The van der Waals surface area contributed by atoms with Gasteiger partial charge in [0.1, 0.15) is 5.82 Å². The molecule has 0 spiro atoms. The Labute approximate surface area is 129 Å². The fourth-order valence-corrected chi connectivity index (χ4v) is 3.13. The number of rotatable bonds is 4. The van der Waals surface area contributed by atoms with Crippen molar-refractivity contribution in [1.82, 2.24) is 10.2 Å². The van der Waals surface area contributed by atoms with Crippen LogP contribution >= 0.6 is 15.9 Å². The van der Waals surface area contributed by atoms with Crippen molar-refractivity contribution in [3.8, 4) is 0 Å². The molecule has 0 saturated carbocycles. The maximum atomic E-state index is 13.6. The van der Waals surface area contributed by atoms with Crippen molar-refractivity contribution in [2.45, 2.75) is 39.3 Å². The monoisotopic (exact) mass is 342 g/mol. The van der Waals surface area contributed by atoms with E-state index in [0.29, 0.717) is 16.4 Å². The summed E-state index contributed by atoms with van der Waals surface area (Å²) in [5, 5.41) is 3.65. The maximum absolute atomic E-state index is 13.6. The highest BCUT2D eigenvalue weighted by Gasteiger charge is 2.22. The molecular weight excluding hydrogens is 319 g/mol. The van der Waals surface area contributed by atoms with E-state index in [1.165, 1.54) is 12.5 Å². The first-order chi connectivity index (χ1) is 9.61. The summed E-state index contributed by atoms with van der Waals surface area (Å²) in [7, 11) is 0. The van der Waals surface area contributed by atoms with Gasteiger partial charge >= 0.3 is 0 Å². The molecule has 0 aromatic heterocycles. The lowest BCUT2D eigenvalue weighted by molar-refractivity contribution is 0.231. The minimum atomic E-state index is -0.172. The van der Waals surface area contributed by atoms with Gasteiger partial charge in [-0.25, -0.2) is 4.39 Å². The molecule has 4 heteroatoms. The Bertz CT molecular complexity index is 438. The number of hydrogen-bond acceptors (Lipinski definition) is 2. The first-order valence-electron chi connectivity index (χ1n) is 7.50. The van der Waals surface area contributed by atoms with Crippen LogP contribution in [0.15, 0.2) is 22.7 Å². The van der Waals surface area contributed by atoms with E-state index in [9.17, 15) is 4.39 Å². The van der Waals surface area contributed by atoms with E-state index in [1.807, 2.05) is 6.07 Å². The van der Waals surface area contributed by atoms with E-state index in [-0.39, 0.29) is 5.82 Å². The molecule has 1 N–H and O–H groups in total. The van der Waals surface area contributed by atoms with Crippen molar-refractivity contribution in [3.63, 3.8) is 0 Å².